The molecule has 7 heteroatoms. The van der Waals surface area contributed by atoms with Crippen molar-refractivity contribution in [2.45, 2.75) is 51.6 Å². The summed E-state index contributed by atoms with van der Waals surface area (Å²) in [5, 5.41) is 3.16. The molecule has 2 heterocycles. The third kappa shape index (κ3) is 4.75. The van der Waals surface area contributed by atoms with Crippen molar-refractivity contribution in [2.24, 2.45) is 5.73 Å². The quantitative estimate of drug-likeness (QED) is 0.851. The van der Waals surface area contributed by atoms with Gasteiger partial charge in [-0.15, -0.1) is 24.8 Å². The van der Waals surface area contributed by atoms with Gasteiger partial charge in [0.2, 0.25) is 0 Å². The minimum absolute atomic E-state index is 0. The highest BCUT2D eigenvalue weighted by molar-refractivity contribution is 5.96. The van der Waals surface area contributed by atoms with Crippen LogP contribution in [0.25, 0.3) is 5.82 Å². The topological polar surface area (TPSA) is 72.9 Å². The molecule has 1 aliphatic carbocycles. The molecule has 25 heavy (non-hydrogen) atoms. The molecule has 0 saturated heterocycles. The van der Waals surface area contributed by atoms with Gasteiger partial charge in [-0.3, -0.25) is 4.79 Å². The smallest absolute Gasteiger partial charge is 0.253 e. The van der Waals surface area contributed by atoms with E-state index in [1.807, 2.05) is 42.7 Å². The van der Waals surface area contributed by atoms with E-state index in [0.29, 0.717) is 0 Å². The average molecular weight is 385 g/mol. The third-order valence-electron chi connectivity index (χ3n) is 4.66. The minimum atomic E-state index is 0. The van der Waals surface area contributed by atoms with Gasteiger partial charge in [0.05, 0.1) is 5.56 Å². The molecule has 0 bridgehead atoms. The van der Waals surface area contributed by atoms with E-state index in [1.54, 1.807) is 6.20 Å². The fourth-order valence-electron chi connectivity index (χ4n) is 3.36. The summed E-state index contributed by atoms with van der Waals surface area (Å²) >= 11 is 0. The van der Waals surface area contributed by atoms with Gasteiger partial charge in [0.15, 0.2) is 0 Å². The number of pyridine rings is 1. The maximum Gasteiger partial charge on any atom is 0.253 e. The highest BCUT2D eigenvalue weighted by Gasteiger charge is 2.23. The summed E-state index contributed by atoms with van der Waals surface area (Å²) in [6, 6.07) is 8.25. The van der Waals surface area contributed by atoms with Gasteiger partial charge >= 0.3 is 0 Å². The molecule has 1 amide bonds. The van der Waals surface area contributed by atoms with Gasteiger partial charge in [-0.25, -0.2) is 4.98 Å². The number of aromatic nitrogens is 2. The molecule has 0 aromatic carbocycles. The molecule has 3 rings (SSSR count). The van der Waals surface area contributed by atoms with E-state index in [-0.39, 0.29) is 42.8 Å². The highest BCUT2D eigenvalue weighted by Crippen LogP contribution is 2.21. The molecule has 2 aromatic rings. The van der Waals surface area contributed by atoms with Crippen LogP contribution in [-0.4, -0.2) is 27.5 Å². The number of hydrogen-bond donors (Lipinski definition) is 2. The summed E-state index contributed by atoms with van der Waals surface area (Å²) in [6.45, 7) is 3.96. The van der Waals surface area contributed by atoms with E-state index in [0.717, 1.165) is 48.5 Å². The number of nitrogens with one attached hydrogen (secondary N) is 1. The van der Waals surface area contributed by atoms with Crippen LogP contribution in [0.1, 0.15) is 47.4 Å². The van der Waals surface area contributed by atoms with Crippen molar-refractivity contribution in [3.63, 3.8) is 0 Å². The lowest BCUT2D eigenvalue weighted by Crippen LogP contribution is -2.40. The Morgan fingerprint density at radius 3 is 2.48 bits per heavy atom. The SMILES string of the molecule is Cc1cc(C(=O)NC2CCC(N)CC2)c(C)n1-c1ccccn1.Cl.Cl. The molecular weight excluding hydrogens is 359 g/mol. The van der Waals surface area contributed by atoms with Crippen LogP contribution in [0.15, 0.2) is 30.5 Å². The van der Waals surface area contributed by atoms with Crippen molar-refractivity contribution in [1.29, 1.82) is 0 Å². The van der Waals surface area contributed by atoms with E-state index >= 15 is 0 Å². The summed E-state index contributed by atoms with van der Waals surface area (Å²) in [6.07, 6.45) is 5.66. The first-order chi connectivity index (χ1) is 11.1. The van der Waals surface area contributed by atoms with Crippen molar-refractivity contribution in [2.75, 3.05) is 0 Å². The molecule has 5 nitrogen and oxygen atoms in total. The molecule has 0 atom stereocenters. The van der Waals surface area contributed by atoms with Crippen molar-refractivity contribution in [1.82, 2.24) is 14.9 Å². The second-order valence-corrected chi connectivity index (χ2v) is 6.39. The van der Waals surface area contributed by atoms with Crippen molar-refractivity contribution < 1.29 is 4.79 Å². The molecule has 3 N–H and O–H groups in total. The third-order valence-corrected chi connectivity index (χ3v) is 4.66. The number of amides is 1. The molecule has 0 unspecified atom stereocenters. The first-order valence-electron chi connectivity index (χ1n) is 8.23. The Balaban J connectivity index is 0.00000156. The van der Waals surface area contributed by atoms with Crippen molar-refractivity contribution >= 4 is 30.7 Å². The van der Waals surface area contributed by atoms with Crippen molar-refractivity contribution in [3.05, 3.63) is 47.4 Å². The van der Waals surface area contributed by atoms with Gasteiger partial charge in [-0.1, -0.05) is 6.07 Å². The van der Waals surface area contributed by atoms with Crippen LogP contribution in [0.3, 0.4) is 0 Å². The minimum Gasteiger partial charge on any atom is -0.349 e. The van der Waals surface area contributed by atoms with Crippen LogP contribution in [-0.2, 0) is 0 Å². The number of nitrogens with two attached hydrogens (primary N) is 1. The first kappa shape index (κ1) is 21.5. The second-order valence-electron chi connectivity index (χ2n) is 6.39. The standard InChI is InChI=1S/C18H24N4O.2ClH/c1-12-11-16(13(2)22(12)17-5-3-4-10-20-17)18(23)21-15-8-6-14(19)7-9-15;;/h3-5,10-11,14-15H,6-9,19H2,1-2H3,(H,21,23);2*1H. The molecule has 138 valence electrons. The lowest BCUT2D eigenvalue weighted by Gasteiger charge is -2.26. The summed E-state index contributed by atoms with van der Waals surface area (Å²) in [7, 11) is 0. The zero-order chi connectivity index (χ0) is 16.4. The zero-order valence-corrected chi connectivity index (χ0v) is 16.2. The Hall–Kier alpha value is -1.56. The molecule has 1 aliphatic rings. The lowest BCUT2D eigenvalue weighted by atomic mass is 9.91. The number of rotatable bonds is 3. The van der Waals surface area contributed by atoms with E-state index in [9.17, 15) is 4.79 Å². The Bertz CT molecular complexity index is 695. The molecule has 0 spiro atoms. The maximum absolute atomic E-state index is 12.6. The summed E-state index contributed by atoms with van der Waals surface area (Å²) < 4.78 is 2.02. The Morgan fingerprint density at radius 1 is 1.20 bits per heavy atom. The van der Waals surface area contributed by atoms with Crippen LogP contribution in [0.4, 0.5) is 0 Å². The molecule has 0 aliphatic heterocycles. The summed E-state index contributed by atoms with van der Waals surface area (Å²) in [5.74, 6) is 0.839. The normalized spacial score (nSPS) is 19.5. The Kier molecular flexibility index (Phi) is 7.93. The van der Waals surface area contributed by atoms with Gasteiger partial charge < -0.3 is 15.6 Å². The van der Waals surface area contributed by atoms with Crippen LogP contribution in [0.2, 0.25) is 0 Å². The highest BCUT2D eigenvalue weighted by atomic mass is 35.5. The number of carbonyl (C=O) groups is 1. The van der Waals surface area contributed by atoms with Gasteiger partial charge in [0.25, 0.3) is 5.91 Å². The monoisotopic (exact) mass is 384 g/mol. The van der Waals surface area contributed by atoms with E-state index in [2.05, 4.69) is 10.3 Å². The van der Waals surface area contributed by atoms with Crippen LogP contribution in [0.5, 0.6) is 0 Å². The van der Waals surface area contributed by atoms with Crippen LogP contribution >= 0.6 is 24.8 Å². The lowest BCUT2D eigenvalue weighted by molar-refractivity contribution is 0.0925. The average Bonchev–Trinajstić information content (AvgIpc) is 2.85. The predicted molar refractivity (Wildman–Crippen MR) is 105 cm³/mol. The zero-order valence-electron chi connectivity index (χ0n) is 14.6. The number of nitrogens with zero attached hydrogens (tertiary/aromatic N) is 2. The molecule has 1 fully saturated rings. The largest absolute Gasteiger partial charge is 0.349 e. The maximum atomic E-state index is 12.6. The number of halogens is 2. The number of hydrogen-bond acceptors (Lipinski definition) is 3. The Labute approximate surface area is 161 Å². The first-order valence-corrected chi connectivity index (χ1v) is 8.23. The van der Waals surface area contributed by atoms with Crippen LogP contribution < -0.4 is 11.1 Å². The molecule has 1 saturated carbocycles. The molecule has 2 aromatic heterocycles. The van der Waals surface area contributed by atoms with Gasteiger partial charge in [-0.05, 0) is 57.7 Å². The Morgan fingerprint density at radius 2 is 1.88 bits per heavy atom. The number of aryl methyl sites for hydroxylation is 1. The number of carbonyl (C=O) groups excluding carboxylic acids is 1. The van der Waals surface area contributed by atoms with Crippen LogP contribution in [0, 0.1) is 13.8 Å². The fourth-order valence-corrected chi connectivity index (χ4v) is 3.36. The second kappa shape index (κ2) is 9.22. The van der Waals surface area contributed by atoms with E-state index < -0.39 is 0 Å². The van der Waals surface area contributed by atoms with E-state index in [4.69, 9.17) is 5.73 Å². The predicted octanol–water partition coefficient (Wildman–Crippen LogP) is 3.33. The van der Waals surface area contributed by atoms with Gasteiger partial charge in [-0.2, -0.15) is 0 Å². The summed E-state index contributed by atoms with van der Waals surface area (Å²) in [4.78, 5) is 17.0. The molecular formula is C18H26Cl2N4O. The fraction of sp³-hybridized carbons (Fsp3) is 0.444. The van der Waals surface area contributed by atoms with E-state index in [1.165, 1.54) is 0 Å². The van der Waals surface area contributed by atoms with Crippen molar-refractivity contribution in [3.8, 4) is 5.82 Å². The molecule has 0 radical (unpaired) electrons. The van der Waals surface area contributed by atoms with Gasteiger partial charge in [0, 0.05) is 29.7 Å². The summed E-state index contributed by atoms with van der Waals surface area (Å²) in [5.41, 5.74) is 8.59. The van der Waals surface area contributed by atoms with Gasteiger partial charge in [0.1, 0.15) is 5.82 Å².